The van der Waals surface area contributed by atoms with Gasteiger partial charge < -0.3 is 4.90 Å². The molecule has 4 nitrogen and oxygen atoms in total. The van der Waals surface area contributed by atoms with E-state index in [1.165, 1.54) is 16.7 Å². The Balaban J connectivity index is 1.73. The van der Waals surface area contributed by atoms with Crippen LogP contribution in [0.5, 0.6) is 0 Å². The number of carbonyl (C=O) groups excluding carboxylic acids is 1. The number of thioether (sulfide) groups is 2. The summed E-state index contributed by atoms with van der Waals surface area (Å²) >= 11 is 6.57. The van der Waals surface area contributed by atoms with Crippen molar-refractivity contribution in [1.29, 1.82) is 0 Å². The lowest BCUT2D eigenvalue weighted by Gasteiger charge is -2.15. The first-order chi connectivity index (χ1) is 12.6. The van der Waals surface area contributed by atoms with Crippen LogP contribution in [0.4, 0.5) is 11.4 Å². The number of rotatable bonds is 2. The summed E-state index contributed by atoms with van der Waals surface area (Å²) < 4.78 is 0.969. The highest BCUT2D eigenvalue weighted by Gasteiger charge is 2.38. The Bertz CT molecular complexity index is 957. The molecule has 0 atom stereocenters. The molecule has 1 amide bonds. The molecule has 0 unspecified atom stereocenters. The van der Waals surface area contributed by atoms with E-state index in [9.17, 15) is 4.79 Å². The van der Waals surface area contributed by atoms with Crippen molar-refractivity contribution in [3.05, 3.63) is 62.9 Å². The van der Waals surface area contributed by atoms with E-state index in [2.05, 4.69) is 33.0 Å². The van der Waals surface area contributed by atoms with Gasteiger partial charge in [-0.3, -0.25) is 9.69 Å². The largest absolute Gasteiger partial charge is 0.337 e. The van der Waals surface area contributed by atoms with Gasteiger partial charge in [-0.15, -0.1) is 0 Å². The van der Waals surface area contributed by atoms with Crippen molar-refractivity contribution in [3.63, 3.8) is 0 Å². The predicted octanol–water partition coefficient (Wildman–Crippen LogP) is 5.44. The van der Waals surface area contributed by atoms with Crippen LogP contribution in [0.3, 0.4) is 0 Å². The second kappa shape index (κ2) is 7.13. The molecule has 7 heteroatoms. The Labute approximate surface area is 169 Å². The smallest absolute Gasteiger partial charge is 0.269 e. The molecule has 0 aliphatic carbocycles. The van der Waals surface area contributed by atoms with Gasteiger partial charge in [0, 0.05) is 23.0 Å². The Morgan fingerprint density at radius 2 is 1.92 bits per heavy atom. The van der Waals surface area contributed by atoms with Gasteiger partial charge in [-0.2, -0.15) is 0 Å². The maximum absolute atomic E-state index is 13.0. The number of likely N-dealkylation sites (N-methyl/N-ethyl adjacent to an activating group) is 1. The van der Waals surface area contributed by atoms with Gasteiger partial charge in [-0.1, -0.05) is 45.9 Å². The lowest BCUT2D eigenvalue weighted by molar-refractivity contribution is -0.122. The zero-order valence-electron chi connectivity index (χ0n) is 14.3. The fraction of sp³-hybridized carbons (Fsp3) is 0.158. The van der Waals surface area contributed by atoms with Gasteiger partial charge in [0.2, 0.25) is 0 Å². The van der Waals surface area contributed by atoms with Gasteiger partial charge in [-0.25, -0.2) is 4.99 Å². The van der Waals surface area contributed by atoms with Crippen LogP contribution in [0.1, 0.15) is 6.92 Å². The molecule has 0 spiro atoms. The summed E-state index contributed by atoms with van der Waals surface area (Å²) in [5.41, 5.74) is 1.96. The van der Waals surface area contributed by atoms with Gasteiger partial charge in [0.25, 0.3) is 5.91 Å². The van der Waals surface area contributed by atoms with Crippen molar-refractivity contribution in [2.75, 3.05) is 18.5 Å². The number of hydrogen-bond donors (Lipinski definition) is 0. The number of amides is 1. The van der Waals surface area contributed by atoms with Gasteiger partial charge in [0.1, 0.15) is 4.91 Å². The van der Waals surface area contributed by atoms with Crippen molar-refractivity contribution in [2.45, 2.75) is 11.8 Å². The Morgan fingerprint density at radius 3 is 2.65 bits per heavy atom. The summed E-state index contributed by atoms with van der Waals surface area (Å²) in [6.07, 6.45) is 0. The topological polar surface area (TPSA) is 35.9 Å². The highest BCUT2D eigenvalue weighted by Crippen LogP contribution is 2.49. The summed E-state index contributed by atoms with van der Waals surface area (Å²) in [6, 6.07) is 16.0. The number of para-hydroxylation sites is 1. The maximum atomic E-state index is 13.0. The van der Waals surface area contributed by atoms with Gasteiger partial charge in [0.15, 0.2) is 5.17 Å². The minimum Gasteiger partial charge on any atom is -0.337 e. The lowest BCUT2D eigenvalue weighted by Crippen LogP contribution is -2.29. The average molecular weight is 446 g/mol. The van der Waals surface area contributed by atoms with E-state index in [0.29, 0.717) is 6.54 Å². The second-order valence-electron chi connectivity index (χ2n) is 5.79. The third-order valence-electron chi connectivity index (χ3n) is 4.14. The molecule has 2 aliphatic heterocycles. The monoisotopic (exact) mass is 445 g/mol. The number of anilines is 1. The first-order valence-electron chi connectivity index (χ1n) is 8.17. The molecule has 4 rings (SSSR count). The molecule has 1 fully saturated rings. The SMILES string of the molecule is CCN1C(=O)/C(=C2/Sc3ccccc3N2C)SC1=Nc1cccc(Br)c1. The Morgan fingerprint density at radius 1 is 1.12 bits per heavy atom. The first kappa shape index (κ1) is 17.7. The summed E-state index contributed by atoms with van der Waals surface area (Å²) in [5, 5.41) is 1.70. The number of fused-ring (bicyclic) bond motifs is 1. The number of hydrogen-bond acceptors (Lipinski definition) is 5. The summed E-state index contributed by atoms with van der Waals surface area (Å²) in [5.74, 6) is 0.0217. The molecule has 2 aromatic rings. The number of carbonyl (C=O) groups is 1. The van der Waals surface area contributed by atoms with Crippen molar-refractivity contribution in [2.24, 2.45) is 4.99 Å². The van der Waals surface area contributed by atoms with Crippen LogP contribution in [-0.4, -0.2) is 29.6 Å². The summed E-state index contributed by atoms with van der Waals surface area (Å²) in [4.78, 5) is 23.5. The van der Waals surface area contributed by atoms with Crippen LogP contribution in [-0.2, 0) is 4.79 Å². The standard InChI is InChI=1S/C19H16BrN3OS2/c1-3-23-17(24)16(18-22(2)14-9-4-5-10-15(14)25-18)26-19(23)21-13-8-6-7-12(20)11-13/h4-11H,3H2,1-2H3/b18-16-,21-19?. The molecule has 26 heavy (non-hydrogen) atoms. The molecule has 2 aromatic carbocycles. The van der Waals surface area contributed by atoms with Crippen LogP contribution in [0.2, 0.25) is 0 Å². The number of nitrogens with zero attached hydrogens (tertiary/aromatic N) is 3. The van der Waals surface area contributed by atoms with E-state index in [0.717, 1.165) is 30.9 Å². The van der Waals surface area contributed by atoms with Crippen LogP contribution in [0.25, 0.3) is 0 Å². The van der Waals surface area contributed by atoms with Gasteiger partial charge in [0.05, 0.1) is 16.4 Å². The molecule has 0 bridgehead atoms. The molecule has 0 radical (unpaired) electrons. The van der Waals surface area contributed by atoms with E-state index in [4.69, 9.17) is 4.99 Å². The number of amidine groups is 1. The van der Waals surface area contributed by atoms with E-state index < -0.39 is 0 Å². The fourth-order valence-corrected chi connectivity index (χ4v) is 5.65. The molecule has 0 saturated carbocycles. The van der Waals surface area contributed by atoms with Crippen LogP contribution in [0.15, 0.2) is 72.8 Å². The highest BCUT2D eigenvalue weighted by molar-refractivity contribution is 9.10. The van der Waals surface area contributed by atoms with E-state index in [1.54, 1.807) is 16.7 Å². The number of aliphatic imine (C=N–C) groups is 1. The quantitative estimate of drug-likeness (QED) is 0.576. The molecule has 2 aliphatic rings. The average Bonchev–Trinajstić information content (AvgIpc) is 3.12. The van der Waals surface area contributed by atoms with Crippen molar-refractivity contribution in [1.82, 2.24) is 4.90 Å². The first-order valence-corrected chi connectivity index (χ1v) is 10.6. The third kappa shape index (κ3) is 3.08. The third-order valence-corrected chi connectivity index (χ3v) is 7.07. The zero-order valence-corrected chi connectivity index (χ0v) is 17.5. The molecule has 132 valence electrons. The van der Waals surface area contributed by atoms with Crippen molar-refractivity contribution >= 4 is 61.9 Å². The van der Waals surface area contributed by atoms with E-state index >= 15 is 0 Å². The second-order valence-corrected chi connectivity index (χ2v) is 8.71. The molecule has 0 N–H and O–H groups in total. The lowest BCUT2D eigenvalue weighted by atomic mass is 10.3. The predicted molar refractivity (Wildman–Crippen MR) is 114 cm³/mol. The maximum Gasteiger partial charge on any atom is 0.269 e. The van der Waals surface area contributed by atoms with Crippen molar-refractivity contribution < 1.29 is 4.79 Å². The minimum absolute atomic E-state index is 0.0217. The zero-order chi connectivity index (χ0) is 18.3. The van der Waals surface area contributed by atoms with Crippen molar-refractivity contribution in [3.8, 4) is 0 Å². The van der Waals surface area contributed by atoms with Crippen LogP contribution in [0, 0.1) is 0 Å². The van der Waals surface area contributed by atoms with Gasteiger partial charge in [-0.05, 0) is 49.0 Å². The summed E-state index contributed by atoms with van der Waals surface area (Å²) in [7, 11) is 2.01. The normalized spacial score (nSPS) is 21.0. The van der Waals surface area contributed by atoms with E-state index in [1.807, 2.05) is 50.4 Å². The van der Waals surface area contributed by atoms with Crippen LogP contribution >= 0.6 is 39.5 Å². The number of halogens is 1. The van der Waals surface area contributed by atoms with E-state index in [-0.39, 0.29) is 5.91 Å². The highest BCUT2D eigenvalue weighted by atomic mass is 79.9. The Kier molecular flexibility index (Phi) is 4.86. The molecule has 2 heterocycles. The molecule has 1 saturated heterocycles. The summed E-state index contributed by atoms with van der Waals surface area (Å²) in [6.45, 7) is 2.57. The molecular formula is C19H16BrN3OS2. The Hall–Kier alpha value is -1.70. The molecule has 0 aromatic heterocycles. The van der Waals surface area contributed by atoms with Gasteiger partial charge >= 0.3 is 0 Å². The molecular weight excluding hydrogens is 430 g/mol. The number of benzene rings is 2. The minimum atomic E-state index is 0.0217. The van der Waals surface area contributed by atoms with Crippen LogP contribution < -0.4 is 4.90 Å². The fourth-order valence-electron chi connectivity index (χ4n) is 2.85.